The van der Waals surface area contributed by atoms with E-state index in [1.165, 1.54) is 0 Å². The number of nitrogens with zero attached hydrogens (tertiary/aromatic N) is 2. The number of aromatic amines is 1. The third kappa shape index (κ3) is 3.43. The smallest absolute Gasteiger partial charge is 0.150 e. The van der Waals surface area contributed by atoms with E-state index in [2.05, 4.69) is 34.3 Å². The highest BCUT2D eigenvalue weighted by atomic mass is 16.5. The largest absolute Gasteiger partial charge is 0.360 e. The molecule has 0 amide bonds. The summed E-state index contributed by atoms with van der Waals surface area (Å²) < 4.78 is 5.27. The molecular weight excluding hydrogens is 228 g/mol. The van der Waals surface area contributed by atoms with E-state index < -0.39 is 0 Å². The maximum absolute atomic E-state index is 5.27. The molecule has 2 aromatic heterocycles. The molecule has 0 bridgehead atoms. The zero-order valence-corrected chi connectivity index (χ0v) is 11.2. The van der Waals surface area contributed by atoms with Crippen molar-refractivity contribution in [1.29, 1.82) is 0 Å². The van der Waals surface area contributed by atoms with E-state index in [0.29, 0.717) is 12.5 Å². The minimum atomic E-state index is 0.600. The number of aromatic nitrogens is 3. The number of imidazole rings is 1. The molecule has 0 saturated carbocycles. The van der Waals surface area contributed by atoms with Gasteiger partial charge < -0.3 is 14.8 Å². The van der Waals surface area contributed by atoms with Crippen LogP contribution in [0.3, 0.4) is 0 Å². The number of rotatable bonds is 6. The van der Waals surface area contributed by atoms with Crippen LogP contribution in [0, 0.1) is 12.8 Å². The van der Waals surface area contributed by atoms with E-state index >= 15 is 0 Å². The number of hydrogen-bond donors (Lipinski definition) is 2. The standard InChI is InChI=1S/C13H20N4O/c1-9(2)4-11-5-12(18-17-11)6-14-7-13-10(3)15-8-16-13/h5,8-9,14H,4,6-7H2,1-3H3,(H,15,16). The highest BCUT2D eigenvalue weighted by Gasteiger charge is 2.06. The van der Waals surface area contributed by atoms with E-state index in [9.17, 15) is 0 Å². The Morgan fingerprint density at radius 2 is 2.22 bits per heavy atom. The van der Waals surface area contributed by atoms with Crippen molar-refractivity contribution in [2.45, 2.75) is 40.3 Å². The molecule has 0 atom stereocenters. The fraction of sp³-hybridized carbons (Fsp3) is 0.538. The quantitative estimate of drug-likeness (QED) is 0.822. The van der Waals surface area contributed by atoms with Crippen LogP contribution < -0.4 is 5.32 Å². The summed E-state index contributed by atoms with van der Waals surface area (Å²) in [6.45, 7) is 7.77. The second kappa shape index (κ2) is 5.82. The number of hydrogen-bond acceptors (Lipinski definition) is 4. The number of aryl methyl sites for hydroxylation is 1. The molecule has 0 fully saturated rings. The van der Waals surface area contributed by atoms with Crippen molar-refractivity contribution in [2.24, 2.45) is 5.92 Å². The van der Waals surface area contributed by atoms with Crippen molar-refractivity contribution in [1.82, 2.24) is 20.4 Å². The molecule has 0 aromatic carbocycles. The molecule has 18 heavy (non-hydrogen) atoms. The van der Waals surface area contributed by atoms with E-state index in [4.69, 9.17) is 4.52 Å². The van der Waals surface area contributed by atoms with Gasteiger partial charge in [0.25, 0.3) is 0 Å². The first-order valence-electron chi connectivity index (χ1n) is 6.29. The lowest BCUT2D eigenvalue weighted by Crippen LogP contribution is -2.13. The van der Waals surface area contributed by atoms with Crippen LogP contribution in [0.15, 0.2) is 16.9 Å². The van der Waals surface area contributed by atoms with Crippen molar-refractivity contribution in [3.63, 3.8) is 0 Å². The molecule has 5 nitrogen and oxygen atoms in total. The zero-order valence-electron chi connectivity index (χ0n) is 11.2. The van der Waals surface area contributed by atoms with Gasteiger partial charge in [0.2, 0.25) is 0 Å². The van der Waals surface area contributed by atoms with Crippen LogP contribution >= 0.6 is 0 Å². The van der Waals surface area contributed by atoms with Crippen molar-refractivity contribution in [3.8, 4) is 0 Å². The Bertz CT molecular complexity index is 487. The fourth-order valence-electron chi connectivity index (χ4n) is 1.82. The van der Waals surface area contributed by atoms with Crippen LogP contribution in [0.4, 0.5) is 0 Å². The van der Waals surface area contributed by atoms with Gasteiger partial charge in [-0.05, 0) is 19.3 Å². The molecule has 0 aliphatic rings. The van der Waals surface area contributed by atoms with Crippen LogP contribution in [0.25, 0.3) is 0 Å². The summed E-state index contributed by atoms with van der Waals surface area (Å²) in [5.74, 6) is 1.47. The van der Waals surface area contributed by atoms with Crippen LogP contribution in [-0.4, -0.2) is 15.1 Å². The summed E-state index contributed by atoms with van der Waals surface area (Å²) in [6, 6.07) is 2.02. The average Bonchev–Trinajstić information content (AvgIpc) is 2.89. The molecule has 0 saturated heterocycles. The van der Waals surface area contributed by atoms with Gasteiger partial charge in [0.15, 0.2) is 5.76 Å². The third-order valence-corrected chi connectivity index (χ3v) is 2.75. The predicted molar refractivity (Wildman–Crippen MR) is 68.9 cm³/mol. The van der Waals surface area contributed by atoms with Gasteiger partial charge in [-0.15, -0.1) is 0 Å². The molecule has 2 heterocycles. The summed E-state index contributed by atoms with van der Waals surface area (Å²) in [6.07, 6.45) is 2.67. The normalized spacial score (nSPS) is 11.3. The SMILES string of the molecule is Cc1[nH]cnc1CNCc1cc(CC(C)C)no1. The van der Waals surface area contributed by atoms with Crippen molar-refractivity contribution < 1.29 is 4.52 Å². The predicted octanol–water partition coefficient (Wildman–Crippen LogP) is 2.19. The minimum absolute atomic E-state index is 0.600. The third-order valence-electron chi connectivity index (χ3n) is 2.75. The first-order valence-corrected chi connectivity index (χ1v) is 6.29. The Labute approximate surface area is 107 Å². The highest BCUT2D eigenvalue weighted by molar-refractivity contribution is 5.09. The lowest BCUT2D eigenvalue weighted by atomic mass is 10.1. The topological polar surface area (TPSA) is 66.7 Å². The molecule has 0 aliphatic heterocycles. The molecule has 5 heteroatoms. The Morgan fingerprint density at radius 1 is 1.39 bits per heavy atom. The minimum Gasteiger partial charge on any atom is -0.360 e. The van der Waals surface area contributed by atoms with Crippen molar-refractivity contribution in [3.05, 3.63) is 35.2 Å². The fourth-order valence-corrected chi connectivity index (χ4v) is 1.82. The summed E-state index contributed by atoms with van der Waals surface area (Å²) in [4.78, 5) is 7.28. The lowest BCUT2D eigenvalue weighted by molar-refractivity contribution is 0.364. The van der Waals surface area contributed by atoms with E-state index in [-0.39, 0.29) is 0 Å². The van der Waals surface area contributed by atoms with Gasteiger partial charge >= 0.3 is 0 Å². The summed E-state index contributed by atoms with van der Waals surface area (Å²) in [5, 5.41) is 7.35. The molecule has 2 rings (SSSR count). The average molecular weight is 248 g/mol. The zero-order chi connectivity index (χ0) is 13.0. The van der Waals surface area contributed by atoms with E-state index in [0.717, 1.165) is 35.8 Å². The molecule has 98 valence electrons. The molecule has 0 radical (unpaired) electrons. The highest BCUT2D eigenvalue weighted by Crippen LogP contribution is 2.09. The first kappa shape index (κ1) is 12.8. The molecule has 0 spiro atoms. The molecular formula is C13H20N4O. The van der Waals surface area contributed by atoms with E-state index in [1.807, 2.05) is 13.0 Å². The Morgan fingerprint density at radius 3 is 2.89 bits per heavy atom. The maximum Gasteiger partial charge on any atom is 0.150 e. The monoisotopic (exact) mass is 248 g/mol. The Balaban J connectivity index is 1.80. The van der Waals surface area contributed by atoms with Crippen LogP contribution in [0.2, 0.25) is 0 Å². The second-order valence-electron chi connectivity index (χ2n) is 4.96. The maximum atomic E-state index is 5.27. The number of nitrogens with one attached hydrogen (secondary N) is 2. The van der Waals surface area contributed by atoms with Gasteiger partial charge in [0.05, 0.1) is 24.3 Å². The van der Waals surface area contributed by atoms with Crippen molar-refractivity contribution >= 4 is 0 Å². The van der Waals surface area contributed by atoms with Crippen molar-refractivity contribution in [2.75, 3.05) is 0 Å². The van der Waals surface area contributed by atoms with Gasteiger partial charge in [0, 0.05) is 18.3 Å². The second-order valence-corrected chi connectivity index (χ2v) is 4.96. The van der Waals surface area contributed by atoms with Gasteiger partial charge in [-0.1, -0.05) is 19.0 Å². The summed E-state index contributed by atoms with van der Waals surface area (Å²) in [7, 11) is 0. The molecule has 0 aliphatic carbocycles. The van der Waals surface area contributed by atoms with Crippen LogP contribution in [-0.2, 0) is 19.5 Å². The van der Waals surface area contributed by atoms with Gasteiger partial charge in [-0.3, -0.25) is 0 Å². The summed E-state index contributed by atoms with van der Waals surface area (Å²) >= 11 is 0. The molecule has 2 aromatic rings. The molecule has 0 unspecified atom stereocenters. The summed E-state index contributed by atoms with van der Waals surface area (Å²) in [5.41, 5.74) is 3.16. The lowest BCUT2D eigenvalue weighted by Gasteiger charge is -2.00. The van der Waals surface area contributed by atoms with Gasteiger partial charge in [0.1, 0.15) is 0 Å². The first-order chi connectivity index (χ1) is 8.65. The molecule has 2 N–H and O–H groups in total. The van der Waals surface area contributed by atoms with Crippen LogP contribution in [0.5, 0.6) is 0 Å². The Kier molecular flexibility index (Phi) is 4.15. The van der Waals surface area contributed by atoms with Crippen LogP contribution in [0.1, 0.15) is 36.7 Å². The Hall–Kier alpha value is -1.62. The number of H-pyrrole nitrogens is 1. The van der Waals surface area contributed by atoms with Gasteiger partial charge in [-0.2, -0.15) is 0 Å². The van der Waals surface area contributed by atoms with E-state index in [1.54, 1.807) is 6.33 Å². The van der Waals surface area contributed by atoms with Gasteiger partial charge in [-0.25, -0.2) is 4.98 Å².